The van der Waals surface area contributed by atoms with E-state index in [1.165, 1.54) is 0 Å². The van der Waals surface area contributed by atoms with Crippen LogP contribution in [0.3, 0.4) is 0 Å². The van der Waals surface area contributed by atoms with Crippen LogP contribution in [0.5, 0.6) is 0 Å². The number of urea groups is 1. The summed E-state index contributed by atoms with van der Waals surface area (Å²) in [6.45, 7) is 0.111. The van der Waals surface area contributed by atoms with E-state index in [-0.39, 0.29) is 31.7 Å². The zero-order chi connectivity index (χ0) is 14.6. The molecule has 0 bridgehead atoms. The van der Waals surface area contributed by atoms with E-state index in [0.29, 0.717) is 0 Å². The summed E-state index contributed by atoms with van der Waals surface area (Å²) in [7, 11) is -3.07. The lowest BCUT2D eigenvalue weighted by atomic mass is 10.2. The molecule has 1 aliphatic heterocycles. The van der Waals surface area contributed by atoms with Crippen LogP contribution in [0.15, 0.2) is 0 Å². The molecule has 19 heavy (non-hydrogen) atoms. The first-order valence-corrected chi connectivity index (χ1v) is 7.90. The lowest BCUT2D eigenvalue weighted by Gasteiger charge is -2.21. The molecule has 1 unspecified atom stereocenters. The summed E-state index contributed by atoms with van der Waals surface area (Å²) >= 11 is 0. The molecule has 0 spiro atoms. The number of rotatable bonds is 5. The molecule has 1 rings (SSSR count). The molecule has 1 fully saturated rings. The monoisotopic (exact) mass is 294 g/mol. The second-order valence-corrected chi connectivity index (χ2v) is 6.87. The summed E-state index contributed by atoms with van der Waals surface area (Å²) in [5.74, 6) is -1.21. The first-order chi connectivity index (χ1) is 8.70. The molecule has 0 aliphatic carbocycles. The van der Waals surface area contributed by atoms with Crippen LogP contribution < -0.4 is 5.32 Å². The Kier molecular flexibility index (Phi) is 5.12. The van der Waals surface area contributed by atoms with Crippen molar-refractivity contribution in [3.8, 4) is 0 Å². The van der Waals surface area contributed by atoms with E-state index in [9.17, 15) is 23.1 Å². The third kappa shape index (κ3) is 5.03. The van der Waals surface area contributed by atoms with Gasteiger partial charge in [-0.25, -0.2) is 18.0 Å². The topological polar surface area (TPSA) is 124 Å². The van der Waals surface area contributed by atoms with Gasteiger partial charge in [-0.1, -0.05) is 0 Å². The van der Waals surface area contributed by atoms with Gasteiger partial charge in [-0.15, -0.1) is 0 Å². The number of sulfone groups is 1. The van der Waals surface area contributed by atoms with Crippen LogP contribution in [0.25, 0.3) is 0 Å². The first-order valence-electron chi connectivity index (χ1n) is 5.84. The number of aliphatic carboxylic acids is 1. The SMILES string of the molecule is CS(=O)(=O)CCCNC(=O)N1CC(O)C[C@H]1C(=O)O. The summed E-state index contributed by atoms with van der Waals surface area (Å²) in [4.78, 5) is 23.7. The summed E-state index contributed by atoms with van der Waals surface area (Å²) < 4.78 is 21.8. The predicted molar refractivity (Wildman–Crippen MR) is 66.5 cm³/mol. The van der Waals surface area contributed by atoms with Crippen LogP contribution in [-0.4, -0.2) is 72.8 Å². The van der Waals surface area contributed by atoms with Crippen LogP contribution >= 0.6 is 0 Å². The van der Waals surface area contributed by atoms with Gasteiger partial charge < -0.3 is 20.4 Å². The van der Waals surface area contributed by atoms with Crippen LogP contribution in [0.4, 0.5) is 4.79 Å². The van der Waals surface area contributed by atoms with Crippen molar-refractivity contribution in [2.75, 3.05) is 25.1 Å². The number of likely N-dealkylation sites (tertiary alicyclic amines) is 1. The molecule has 1 aliphatic rings. The van der Waals surface area contributed by atoms with Crippen molar-refractivity contribution in [3.05, 3.63) is 0 Å². The van der Waals surface area contributed by atoms with Crippen molar-refractivity contribution in [2.45, 2.75) is 25.0 Å². The van der Waals surface area contributed by atoms with Gasteiger partial charge in [0.2, 0.25) is 0 Å². The number of carbonyl (C=O) groups is 2. The molecule has 8 nitrogen and oxygen atoms in total. The Labute approximate surface area is 111 Å². The highest BCUT2D eigenvalue weighted by molar-refractivity contribution is 7.90. The van der Waals surface area contributed by atoms with Crippen LogP contribution in [0.1, 0.15) is 12.8 Å². The molecule has 0 aromatic heterocycles. The first kappa shape index (κ1) is 15.7. The average Bonchev–Trinajstić information content (AvgIpc) is 2.65. The average molecular weight is 294 g/mol. The number of hydrogen-bond donors (Lipinski definition) is 3. The summed E-state index contributed by atoms with van der Waals surface area (Å²) in [5.41, 5.74) is 0. The van der Waals surface area contributed by atoms with Gasteiger partial charge in [-0.3, -0.25) is 0 Å². The third-order valence-electron chi connectivity index (χ3n) is 2.79. The number of nitrogens with one attached hydrogen (secondary N) is 1. The number of aliphatic hydroxyl groups excluding tert-OH is 1. The van der Waals surface area contributed by atoms with Gasteiger partial charge in [-0.05, 0) is 6.42 Å². The Morgan fingerprint density at radius 3 is 2.58 bits per heavy atom. The van der Waals surface area contributed by atoms with E-state index in [2.05, 4.69) is 5.32 Å². The van der Waals surface area contributed by atoms with E-state index in [0.717, 1.165) is 11.2 Å². The van der Waals surface area contributed by atoms with Crippen molar-refractivity contribution in [2.24, 2.45) is 0 Å². The Morgan fingerprint density at radius 2 is 2.05 bits per heavy atom. The zero-order valence-electron chi connectivity index (χ0n) is 10.6. The minimum Gasteiger partial charge on any atom is -0.480 e. The highest BCUT2D eigenvalue weighted by Gasteiger charge is 2.38. The molecule has 110 valence electrons. The zero-order valence-corrected chi connectivity index (χ0v) is 11.4. The Morgan fingerprint density at radius 1 is 1.42 bits per heavy atom. The largest absolute Gasteiger partial charge is 0.480 e. The maximum absolute atomic E-state index is 11.7. The van der Waals surface area contributed by atoms with Gasteiger partial charge >= 0.3 is 12.0 Å². The summed E-state index contributed by atoms with van der Waals surface area (Å²) in [6.07, 6.45) is 0.527. The molecule has 1 heterocycles. The quantitative estimate of drug-likeness (QED) is 0.539. The molecule has 2 amide bonds. The number of hydrogen-bond acceptors (Lipinski definition) is 5. The van der Waals surface area contributed by atoms with Crippen molar-refractivity contribution in [1.29, 1.82) is 0 Å². The highest BCUT2D eigenvalue weighted by atomic mass is 32.2. The molecule has 0 aromatic rings. The smallest absolute Gasteiger partial charge is 0.326 e. The molecular formula is C10H18N2O6S. The van der Waals surface area contributed by atoms with Crippen LogP contribution in [0.2, 0.25) is 0 Å². The molecular weight excluding hydrogens is 276 g/mol. The maximum atomic E-state index is 11.7. The van der Waals surface area contributed by atoms with Gasteiger partial charge in [0.15, 0.2) is 0 Å². The number of nitrogens with zero attached hydrogens (tertiary/aromatic N) is 1. The minimum absolute atomic E-state index is 0.00604. The van der Waals surface area contributed by atoms with Gasteiger partial charge in [0.25, 0.3) is 0 Å². The molecule has 3 N–H and O–H groups in total. The number of β-amino-alcohol motifs (C(OH)–C–C–N with tert-alkyl or cyclic N) is 1. The molecule has 0 saturated carbocycles. The van der Waals surface area contributed by atoms with Crippen LogP contribution in [0, 0.1) is 0 Å². The minimum atomic E-state index is -3.07. The number of aliphatic hydroxyl groups is 1. The Balaban J connectivity index is 2.42. The molecule has 0 aromatic carbocycles. The van der Waals surface area contributed by atoms with Gasteiger partial charge in [-0.2, -0.15) is 0 Å². The van der Waals surface area contributed by atoms with Crippen molar-refractivity contribution in [1.82, 2.24) is 10.2 Å². The molecule has 1 saturated heterocycles. The predicted octanol–water partition coefficient (Wildman–Crippen LogP) is -1.35. The summed E-state index contributed by atoms with van der Waals surface area (Å²) in [5, 5.41) is 20.7. The van der Waals surface area contributed by atoms with Crippen molar-refractivity contribution in [3.63, 3.8) is 0 Å². The van der Waals surface area contributed by atoms with Gasteiger partial charge in [0.05, 0.1) is 11.9 Å². The number of carbonyl (C=O) groups excluding carboxylic acids is 1. The molecule has 0 radical (unpaired) electrons. The second kappa shape index (κ2) is 6.20. The fraction of sp³-hybridized carbons (Fsp3) is 0.800. The molecule has 9 heteroatoms. The summed E-state index contributed by atoms with van der Waals surface area (Å²) in [6, 6.07) is -1.64. The third-order valence-corrected chi connectivity index (χ3v) is 3.82. The lowest BCUT2D eigenvalue weighted by Crippen LogP contribution is -2.46. The fourth-order valence-electron chi connectivity index (χ4n) is 1.90. The van der Waals surface area contributed by atoms with E-state index in [4.69, 9.17) is 5.11 Å². The van der Waals surface area contributed by atoms with Gasteiger partial charge in [0, 0.05) is 25.8 Å². The van der Waals surface area contributed by atoms with E-state index >= 15 is 0 Å². The van der Waals surface area contributed by atoms with E-state index in [1.807, 2.05) is 0 Å². The number of carboxylic acids is 1. The number of amides is 2. The normalized spacial score (nSPS) is 23.4. The molecule has 2 atom stereocenters. The van der Waals surface area contributed by atoms with Crippen molar-refractivity contribution >= 4 is 21.8 Å². The van der Waals surface area contributed by atoms with Crippen LogP contribution in [-0.2, 0) is 14.6 Å². The maximum Gasteiger partial charge on any atom is 0.326 e. The van der Waals surface area contributed by atoms with Crippen molar-refractivity contribution < 1.29 is 28.2 Å². The highest BCUT2D eigenvalue weighted by Crippen LogP contribution is 2.17. The Hall–Kier alpha value is -1.35. The standard InChI is InChI=1S/C10H18N2O6S/c1-19(17,18)4-2-3-11-10(16)12-6-7(13)5-8(12)9(14)15/h7-8,13H,2-6H2,1H3,(H,11,16)(H,14,15)/t7?,8-/m0/s1. The lowest BCUT2D eigenvalue weighted by molar-refractivity contribution is -0.141. The van der Waals surface area contributed by atoms with E-state index < -0.39 is 34.0 Å². The number of carboxylic acid groups (broad SMARTS) is 1. The van der Waals surface area contributed by atoms with Gasteiger partial charge in [0.1, 0.15) is 15.9 Å². The fourth-order valence-corrected chi connectivity index (χ4v) is 2.57. The Bertz CT molecular complexity index is 449. The van der Waals surface area contributed by atoms with E-state index in [1.54, 1.807) is 0 Å². The second-order valence-electron chi connectivity index (χ2n) is 4.61.